The van der Waals surface area contributed by atoms with Gasteiger partial charge in [0.1, 0.15) is 0 Å². The second-order valence-electron chi connectivity index (χ2n) is 5.40. The first-order valence-corrected chi connectivity index (χ1v) is 7.93. The molecule has 0 spiro atoms. The summed E-state index contributed by atoms with van der Waals surface area (Å²) in [7, 11) is 0. The number of hydrogen-bond donors (Lipinski definition) is 3. The predicted octanol–water partition coefficient (Wildman–Crippen LogP) is 1.82. The average Bonchev–Trinajstić information content (AvgIpc) is 2.98. The summed E-state index contributed by atoms with van der Waals surface area (Å²) >= 11 is 5.20. The maximum atomic E-state index is 11.5. The number of hydrogen-bond acceptors (Lipinski definition) is 3. The monoisotopic (exact) mass is 338 g/mol. The molecule has 0 fully saturated rings. The lowest BCUT2D eigenvalue weighted by molar-refractivity contribution is -0.308. The van der Waals surface area contributed by atoms with Crippen molar-refractivity contribution in [3.63, 3.8) is 0 Å². The van der Waals surface area contributed by atoms with Crippen molar-refractivity contribution in [1.82, 2.24) is 10.3 Å². The summed E-state index contributed by atoms with van der Waals surface area (Å²) in [5.41, 5.74) is 2.66. The van der Waals surface area contributed by atoms with Crippen molar-refractivity contribution in [2.75, 3.05) is 5.32 Å². The van der Waals surface area contributed by atoms with Crippen LogP contribution in [0.4, 0.5) is 5.69 Å². The number of carbonyl (C=O) groups is 1. The summed E-state index contributed by atoms with van der Waals surface area (Å²) < 4.78 is 0. The van der Waals surface area contributed by atoms with Crippen molar-refractivity contribution in [3.8, 4) is 0 Å². The van der Waals surface area contributed by atoms with E-state index in [9.17, 15) is 9.90 Å². The zero-order valence-electron chi connectivity index (χ0n) is 12.8. The highest BCUT2D eigenvalue weighted by molar-refractivity contribution is 7.80. The van der Waals surface area contributed by atoms with Gasteiger partial charge in [-0.3, -0.25) is 0 Å². The van der Waals surface area contributed by atoms with E-state index in [1.807, 2.05) is 60.8 Å². The lowest BCUT2D eigenvalue weighted by Gasteiger charge is -2.21. The highest BCUT2D eigenvalue weighted by Crippen LogP contribution is 2.19. The van der Waals surface area contributed by atoms with Gasteiger partial charge in [0.15, 0.2) is 5.11 Å². The van der Waals surface area contributed by atoms with E-state index in [0.717, 1.165) is 22.2 Å². The molecule has 0 aliphatic heterocycles. The Kier molecular flexibility index (Phi) is 4.77. The van der Waals surface area contributed by atoms with Crippen molar-refractivity contribution in [2.24, 2.45) is 0 Å². The summed E-state index contributed by atoms with van der Waals surface area (Å²) in [4.78, 5) is 14.6. The molecular weight excluding hydrogens is 322 g/mol. The van der Waals surface area contributed by atoms with Gasteiger partial charge in [0, 0.05) is 29.2 Å². The van der Waals surface area contributed by atoms with Crippen LogP contribution in [0.3, 0.4) is 0 Å². The number of aliphatic carboxylic acids is 1. The van der Waals surface area contributed by atoms with E-state index < -0.39 is 12.0 Å². The number of thiocarbonyl (C=S) groups is 1. The molecule has 3 rings (SSSR count). The van der Waals surface area contributed by atoms with Crippen molar-refractivity contribution in [3.05, 3.63) is 66.4 Å². The van der Waals surface area contributed by atoms with Crippen LogP contribution in [0, 0.1) is 0 Å². The third-order valence-corrected chi connectivity index (χ3v) is 3.94. The van der Waals surface area contributed by atoms with Gasteiger partial charge in [0.2, 0.25) is 0 Å². The van der Waals surface area contributed by atoms with Crippen LogP contribution < -0.4 is 15.7 Å². The van der Waals surface area contributed by atoms with Crippen LogP contribution in [-0.2, 0) is 11.2 Å². The van der Waals surface area contributed by atoms with E-state index in [1.165, 1.54) is 0 Å². The van der Waals surface area contributed by atoms with Gasteiger partial charge in [-0.1, -0.05) is 36.4 Å². The number of carboxylic acid groups (broad SMARTS) is 1. The molecule has 0 saturated carbocycles. The topological polar surface area (TPSA) is 80.0 Å². The second-order valence-corrected chi connectivity index (χ2v) is 5.81. The van der Waals surface area contributed by atoms with Gasteiger partial charge in [0.25, 0.3) is 0 Å². The maximum Gasteiger partial charge on any atom is 0.171 e. The third-order valence-electron chi connectivity index (χ3n) is 3.72. The molecular formula is C18H16N3O2S-. The van der Waals surface area contributed by atoms with E-state index in [2.05, 4.69) is 15.6 Å². The zero-order valence-corrected chi connectivity index (χ0v) is 13.6. The second kappa shape index (κ2) is 7.14. The number of H-pyrrole nitrogens is 1. The highest BCUT2D eigenvalue weighted by atomic mass is 32.1. The number of benzene rings is 2. The first-order valence-electron chi connectivity index (χ1n) is 7.52. The van der Waals surface area contributed by atoms with Gasteiger partial charge >= 0.3 is 0 Å². The minimum atomic E-state index is -1.20. The van der Waals surface area contributed by atoms with Crippen molar-refractivity contribution in [1.29, 1.82) is 0 Å². The molecule has 1 atom stereocenters. The highest BCUT2D eigenvalue weighted by Gasteiger charge is 2.15. The van der Waals surface area contributed by atoms with Crippen molar-refractivity contribution >= 4 is 39.9 Å². The fourth-order valence-corrected chi connectivity index (χ4v) is 2.82. The van der Waals surface area contributed by atoms with Crippen LogP contribution in [0.2, 0.25) is 0 Å². The van der Waals surface area contributed by atoms with Gasteiger partial charge in [-0.2, -0.15) is 0 Å². The molecule has 0 aliphatic carbocycles. The minimum absolute atomic E-state index is 0.246. The summed E-state index contributed by atoms with van der Waals surface area (Å²) in [6, 6.07) is 16.1. The van der Waals surface area contributed by atoms with Crippen molar-refractivity contribution in [2.45, 2.75) is 12.5 Å². The van der Waals surface area contributed by atoms with E-state index in [1.54, 1.807) is 0 Å². The SMILES string of the molecule is O=C([O-])[C@H](Cc1c[nH]c2ccccc12)NC(=S)Nc1ccccc1. The Morgan fingerprint density at radius 3 is 2.58 bits per heavy atom. The number of rotatable bonds is 5. The molecule has 5 nitrogen and oxygen atoms in total. The van der Waals surface area contributed by atoms with Crippen LogP contribution in [-0.4, -0.2) is 22.1 Å². The van der Waals surface area contributed by atoms with Gasteiger partial charge in [0.05, 0.1) is 12.0 Å². The van der Waals surface area contributed by atoms with Crippen LogP contribution >= 0.6 is 12.2 Å². The van der Waals surface area contributed by atoms with Crippen molar-refractivity contribution < 1.29 is 9.90 Å². The number of anilines is 1. The molecule has 1 heterocycles. The Morgan fingerprint density at radius 1 is 1.12 bits per heavy atom. The summed E-state index contributed by atoms with van der Waals surface area (Å²) in [6.45, 7) is 0. The smallest absolute Gasteiger partial charge is 0.171 e. The quantitative estimate of drug-likeness (QED) is 0.618. The Balaban J connectivity index is 1.71. The van der Waals surface area contributed by atoms with E-state index in [-0.39, 0.29) is 11.5 Å². The average molecular weight is 338 g/mol. The number of para-hydroxylation sites is 2. The first kappa shape index (κ1) is 16.0. The van der Waals surface area contributed by atoms with E-state index in [0.29, 0.717) is 0 Å². The Hall–Kier alpha value is -2.86. The fraction of sp³-hybridized carbons (Fsp3) is 0.111. The number of aromatic nitrogens is 1. The summed E-state index contributed by atoms with van der Waals surface area (Å²) in [6.07, 6.45) is 2.08. The molecule has 122 valence electrons. The van der Waals surface area contributed by atoms with Crippen LogP contribution in [0.25, 0.3) is 10.9 Å². The Labute approximate surface area is 144 Å². The molecule has 2 aromatic carbocycles. The Bertz CT molecular complexity index is 861. The molecule has 3 aromatic rings. The molecule has 3 N–H and O–H groups in total. The molecule has 0 radical (unpaired) electrons. The van der Waals surface area contributed by atoms with Crippen LogP contribution in [0.15, 0.2) is 60.8 Å². The molecule has 0 aliphatic rings. The molecule has 0 bridgehead atoms. The third kappa shape index (κ3) is 3.72. The maximum absolute atomic E-state index is 11.5. The number of fused-ring (bicyclic) bond motifs is 1. The lowest BCUT2D eigenvalue weighted by atomic mass is 10.1. The minimum Gasteiger partial charge on any atom is -0.548 e. The zero-order chi connectivity index (χ0) is 16.9. The van der Waals surface area contributed by atoms with Gasteiger partial charge in [-0.25, -0.2) is 0 Å². The van der Waals surface area contributed by atoms with E-state index in [4.69, 9.17) is 12.2 Å². The van der Waals surface area contributed by atoms with Gasteiger partial charge in [-0.05, 0) is 36.0 Å². The van der Waals surface area contributed by atoms with Gasteiger partial charge < -0.3 is 25.5 Å². The number of nitrogens with one attached hydrogen (secondary N) is 3. The molecule has 0 amide bonds. The molecule has 24 heavy (non-hydrogen) atoms. The van der Waals surface area contributed by atoms with Crippen LogP contribution in [0.5, 0.6) is 0 Å². The standard InChI is InChI=1S/C18H17N3O2S/c22-17(23)16(21-18(24)20-13-6-2-1-3-7-13)10-12-11-19-15-9-5-4-8-14(12)15/h1-9,11,16,19H,10H2,(H,22,23)(H2,20,21,24)/p-1/t16-/m0/s1. The molecule has 0 unspecified atom stereocenters. The van der Waals surface area contributed by atoms with E-state index >= 15 is 0 Å². The van der Waals surface area contributed by atoms with Gasteiger partial charge in [-0.15, -0.1) is 0 Å². The van der Waals surface area contributed by atoms with Crippen LogP contribution in [0.1, 0.15) is 5.56 Å². The first-order chi connectivity index (χ1) is 11.6. The number of carboxylic acids is 1. The summed E-state index contributed by atoms with van der Waals surface area (Å²) in [5, 5.41) is 18.5. The lowest BCUT2D eigenvalue weighted by Crippen LogP contribution is -2.50. The summed E-state index contributed by atoms with van der Waals surface area (Å²) in [5.74, 6) is -1.20. The predicted molar refractivity (Wildman–Crippen MR) is 96.6 cm³/mol. The molecule has 1 aromatic heterocycles. The largest absolute Gasteiger partial charge is 0.548 e. The Morgan fingerprint density at radius 2 is 1.83 bits per heavy atom. The number of aromatic amines is 1. The normalized spacial score (nSPS) is 11.8. The fourth-order valence-electron chi connectivity index (χ4n) is 2.56. The number of carbonyl (C=O) groups excluding carboxylic acids is 1. The molecule has 0 saturated heterocycles. The molecule has 6 heteroatoms.